The number of rotatable bonds is 5. The molecule has 2 fully saturated rings. The third-order valence-corrected chi connectivity index (χ3v) is 5.54. The zero-order chi connectivity index (χ0) is 20.4. The van der Waals surface area contributed by atoms with Crippen molar-refractivity contribution in [1.82, 2.24) is 14.9 Å². The van der Waals surface area contributed by atoms with Crippen LogP contribution in [0.1, 0.15) is 25.7 Å². The maximum atomic E-state index is 13.0. The lowest BCUT2D eigenvalue weighted by Crippen LogP contribution is -2.49. The summed E-state index contributed by atoms with van der Waals surface area (Å²) in [7, 11) is 3.96. The van der Waals surface area contributed by atoms with E-state index in [0.29, 0.717) is 30.9 Å². The fourth-order valence-corrected chi connectivity index (χ4v) is 3.83. The first-order valence-corrected chi connectivity index (χ1v) is 10.1. The SMILES string of the molecule is CN(C)c1cc(N(C2CC2)C2CCN(C(=O)Nc3ccc(F)cc3)CC2)ncn1. The standard InChI is InChI=1S/C21H27FN6O/c1-26(2)19-13-20(24-14-23-19)28(17-7-8-17)18-9-11-27(12-10-18)21(29)25-16-5-3-15(22)4-6-16/h3-6,13-14,17-18H,7-12H2,1-2H3,(H,25,29). The monoisotopic (exact) mass is 398 g/mol. The minimum Gasteiger partial charge on any atom is -0.363 e. The normalized spacial score (nSPS) is 17.1. The first-order valence-electron chi connectivity index (χ1n) is 10.1. The zero-order valence-corrected chi connectivity index (χ0v) is 16.9. The minimum absolute atomic E-state index is 0.134. The largest absolute Gasteiger partial charge is 0.363 e. The van der Waals surface area contributed by atoms with Crippen LogP contribution in [0.5, 0.6) is 0 Å². The molecule has 0 spiro atoms. The number of piperidine rings is 1. The highest BCUT2D eigenvalue weighted by atomic mass is 19.1. The van der Waals surface area contributed by atoms with Crippen LogP contribution < -0.4 is 15.1 Å². The van der Waals surface area contributed by atoms with Gasteiger partial charge < -0.3 is 20.0 Å². The Hall–Kier alpha value is -2.90. The highest BCUT2D eigenvalue weighted by Gasteiger charge is 2.37. The number of benzene rings is 1. The van der Waals surface area contributed by atoms with Gasteiger partial charge in [0.2, 0.25) is 0 Å². The van der Waals surface area contributed by atoms with Gasteiger partial charge in [-0.1, -0.05) is 0 Å². The highest BCUT2D eigenvalue weighted by molar-refractivity contribution is 5.89. The van der Waals surface area contributed by atoms with Crippen LogP contribution in [-0.2, 0) is 0 Å². The van der Waals surface area contributed by atoms with E-state index in [4.69, 9.17) is 0 Å². The van der Waals surface area contributed by atoms with Gasteiger partial charge in [-0.05, 0) is 49.9 Å². The molecular weight excluding hydrogens is 371 g/mol. The van der Waals surface area contributed by atoms with Crippen LogP contribution >= 0.6 is 0 Å². The smallest absolute Gasteiger partial charge is 0.321 e. The number of nitrogens with zero attached hydrogens (tertiary/aromatic N) is 5. The lowest BCUT2D eigenvalue weighted by atomic mass is 10.0. The number of amides is 2. The van der Waals surface area contributed by atoms with Crippen molar-refractivity contribution in [2.24, 2.45) is 0 Å². The summed E-state index contributed by atoms with van der Waals surface area (Å²) < 4.78 is 13.0. The Balaban J connectivity index is 1.39. The van der Waals surface area contributed by atoms with Crippen molar-refractivity contribution in [3.8, 4) is 0 Å². The predicted octanol–water partition coefficient (Wildman–Crippen LogP) is 3.35. The van der Waals surface area contributed by atoms with E-state index < -0.39 is 0 Å². The summed E-state index contributed by atoms with van der Waals surface area (Å²) in [6.45, 7) is 1.37. The molecule has 2 aromatic rings. The molecule has 0 atom stereocenters. The predicted molar refractivity (Wildman–Crippen MR) is 112 cm³/mol. The fraction of sp³-hybridized carbons (Fsp3) is 0.476. The molecule has 4 rings (SSSR count). The molecule has 2 aliphatic rings. The molecule has 0 unspecified atom stereocenters. The van der Waals surface area contributed by atoms with E-state index in [1.807, 2.05) is 30.0 Å². The van der Waals surface area contributed by atoms with E-state index in [2.05, 4.69) is 20.2 Å². The van der Waals surface area contributed by atoms with Crippen molar-refractivity contribution >= 4 is 23.4 Å². The van der Waals surface area contributed by atoms with Gasteiger partial charge in [0, 0.05) is 51.0 Å². The van der Waals surface area contributed by atoms with Crippen LogP contribution in [0.4, 0.5) is 26.5 Å². The van der Waals surface area contributed by atoms with Crippen LogP contribution in [0.15, 0.2) is 36.7 Å². The number of aromatic nitrogens is 2. The van der Waals surface area contributed by atoms with E-state index in [9.17, 15) is 9.18 Å². The number of urea groups is 1. The number of hydrogen-bond donors (Lipinski definition) is 1. The fourth-order valence-electron chi connectivity index (χ4n) is 3.83. The van der Waals surface area contributed by atoms with E-state index in [1.165, 1.54) is 25.0 Å². The second-order valence-corrected chi connectivity index (χ2v) is 7.92. The molecule has 7 nitrogen and oxygen atoms in total. The van der Waals surface area contributed by atoms with E-state index >= 15 is 0 Å². The molecule has 0 radical (unpaired) electrons. The number of halogens is 1. The Kier molecular flexibility index (Phi) is 5.51. The lowest BCUT2D eigenvalue weighted by molar-refractivity contribution is 0.193. The summed E-state index contributed by atoms with van der Waals surface area (Å²) >= 11 is 0. The molecule has 1 N–H and O–H groups in total. The Morgan fingerprint density at radius 1 is 1.03 bits per heavy atom. The number of likely N-dealkylation sites (tertiary alicyclic amines) is 1. The molecule has 154 valence electrons. The van der Waals surface area contributed by atoms with E-state index in [1.54, 1.807) is 18.5 Å². The number of hydrogen-bond acceptors (Lipinski definition) is 5. The molecular formula is C21H27FN6O. The molecule has 1 saturated heterocycles. The molecule has 1 aromatic heterocycles. The topological polar surface area (TPSA) is 64.6 Å². The van der Waals surface area contributed by atoms with Crippen molar-refractivity contribution < 1.29 is 9.18 Å². The Morgan fingerprint density at radius 3 is 2.28 bits per heavy atom. The van der Waals surface area contributed by atoms with Crippen LogP contribution in [0.3, 0.4) is 0 Å². The van der Waals surface area contributed by atoms with Crippen molar-refractivity contribution in [3.05, 3.63) is 42.5 Å². The summed E-state index contributed by atoms with van der Waals surface area (Å²) in [5.74, 6) is 1.56. The molecule has 1 aliphatic carbocycles. The Morgan fingerprint density at radius 2 is 1.66 bits per heavy atom. The molecule has 1 aliphatic heterocycles. The quantitative estimate of drug-likeness (QED) is 0.837. The number of carbonyl (C=O) groups is 1. The van der Waals surface area contributed by atoms with Gasteiger partial charge in [0.05, 0.1) is 0 Å². The molecule has 1 saturated carbocycles. The van der Waals surface area contributed by atoms with Gasteiger partial charge in [0.25, 0.3) is 0 Å². The molecule has 0 bridgehead atoms. The van der Waals surface area contributed by atoms with Gasteiger partial charge >= 0.3 is 6.03 Å². The highest BCUT2D eigenvalue weighted by Crippen LogP contribution is 2.36. The Labute approximate surface area is 170 Å². The van der Waals surface area contributed by atoms with Crippen molar-refractivity contribution in [2.45, 2.75) is 37.8 Å². The summed E-state index contributed by atoms with van der Waals surface area (Å²) in [5, 5.41) is 2.85. The first-order chi connectivity index (χ1) is 14.0. The second-order valence-electron chi connectivity index (χ2n) is 7.92. The summed E-state index contributed by atoms with van der Waals surface area (Å²) in [6.07, 6.45) is 5.80. The number of nitrogens with one attached hydrogen (secondary N) is 1. The average molecular weight is 398 g/mol. The molecule has 1 aromatic carbocycles. The number of anilines is 3. The van der Waals surface area contributed by atoms with Gasteiger partial charge in [-0.25, -0.2) is 19.2 Å². The lowest BCUT2D eigenvalue weighted by Gasteiger charge is -2.39. The molecule has 8 heteroatoms. The summed E-state index contributed by atoms with van der Waals surface area (Å²) in [4.78, 5) is 27.7. The summed E-state index contributed by atoms with van der Waals surface area (Å²) in [5.41, 5.74) is 0.607. The van der Waals surface area contributed by atoms with Gasteiger partial charge in [0.1, 0.15) is 23.8 Å². The zero-order valence-electron chi connectivity index (χ0n) is 16.9. The molecule has 2 heterocycles. The summed E-state index contributed by atoms with van der Waals surface area (Å²) in [6, 6.07) is 8.65. The average Bonchev–Trinajstić information content (AvgIpc) is 3.56. The Bertz CT molecular complexity index is 847. The molecule has 2 amide bonds. The van der Waals surface area contributed by atoms with Crippen LogP contribution in [-0.4, -0.2) is 60.2 Å². The van der Waals surface area contributed by atoms with Crippen molar-refractivity contribution in [1.29, 1.82) is 0 Å². The third kappa shape index (κ3) is 4.58. The van der Waals surface area contributed by atoms with Crippen molar-refractivity contribution in [2.75, 3.05) is 42.3 Å². The number of carbonyl (C=O) groups excluding carboxylic acids is 1. The van der Waals surface area contributed by atoms with Crippen LogP contribution in [0.2, 0.25) is 0 Å². The van der Waals surface area contributed by atoms with Crippen LogP contribution in [0, 0.1) is 5.82 Å². The van der Waals surface area contributed by atoms with Gasteiger partial charge in [-0.3, -0.25) is 0 Å². The van der Waals surface area contributed by atoms with Gasteiger partial charge in [0.15, 0.2) is 0 Å². The molecule has 29 heavy (non-hydrogen) atoms. The maximum absolute atomic E-state index is 13.0. The first kappa shape index (κ1) is 19.4. The van der Waals surface area contributed by atoms with E-state index in [0.717, 1.165) is 24.5 Å². The van der Waals surface area contributed by atoms with Crippen LogP contribution in [0.25, 0.3) is 0 Å². The van der Waals surface area contributed by atoms with Crippen molar-refractivity contribution in [3.63, 3.8) is 0 Å². The third-order valence-electron chi connectivity index (χ3n) is 5.54. The van der Waals surface area contributed by atoms with Gasteiger partial charge in [-0.15, -0.1) is 0 Å². The maximum Gasteiger partial charge on any atom is 0.321 e. The second kappa shape index (κ2) is 8.23. The van der Waals surface area contributed by atoms with Gasteiger partial charge in [-0.2, -0.15) is 0 Å². The van der Waals surface area contributed by atoms with E-state index in [-0.39, 0.29) is 11.8 Å². The minimum atomic E-state index is -0.314.